The van der Waals surface area contributed by atoms with Crippen molar-refractivity contribution in [2.75, 3.05) is 13.1 Å². The molecule has 0 saturated heterocycles. The zero-order valence-corrected chi connectivity index (χ0v) is 12.7. The summed E-state index contributed by atoms with van der Waals surface area (Å²) < 4.78 is 0. The van der Waals surface area contributed by atoms with Crippen LogP contribution in [0.3, 0.4) is 0 Å². The van der Waals surface area contributed by atoms with E-state index < -0.39 is 0 Å². The Hall–Kier alpha value is -0.730. The molecule has 18 heavy (non-hydrogen) atoms. The Morgan fingerprint density at radius 1 is 1.17 bits per heavy atom. The monoisotopic (exact) mass is 288 g/mol. The summed E-state index contributed by atoms with van der Waals surface area (Å²) >= 11 is 5.87. The van der Waals surface area contributed by atoms with Crippen LogP contribution in [0.1, 0.15) is 32.3 Å². The van der Waals surface area contributed by atoms with Crippen LogP contribution in [0.25, 0.3) is 0 Å². The molecule has 1 aromatic rings. The highest BCUT2D eigenvalue weighted by molar-refractivity contribution is 6.30. The van der Waals surface area contributed by atoms with Crippen LogP contribution in [0.5, 0.6) is 0 Å². The number of aliphatic imine (C=N–C) groups is 1. The summed E-state index contributed by atoms with van der Waals surface area (Å²) in [5.74, 6) is 1.08. The minimum absolute atomic E-state index is 0. The van der Waals surface area contributed by atoms with Gasteiger partial charge in [0.2, 0.25) is 0 Å². The molecule has 0 atom stereocenters. The van der Waals surface area contributed by atoms with E-state index in [2.05, 4.69) is 36.3 Å². The molecular formula is C14H22Cl2N2. The number of nitrogens with one attached hydrogen (secondary N) is 1. The van der Waals surface area contributed by atoms with Crippen LogP contribution < -0.4 is 5.32 Å². The van der Waals surface area contributed by atoms with Crippen molar-refractivity contribution in [3.8, 4) is 0 Å². The van der Waals surface area contributed by atoms with Crippen molar-refractivity contribution in [3.05, 3.63) is 34.9 Å². The Morgan fingerprint density at radius 3 is 2.39 bits per heavy atom. The molecular weight excluding hydrogens is 267 g/mol. The lowest BCUT2D eigenvalue weighted by Gasteiger charge is -2.09. The van der Waals surface area contributed by atoms with Crippen LogP contribution >= 0.6 is 24.0 Å². The molecule has 1 N–H and O–H groups in total. The smallest absolute Gasteiger partial charge is 0.101 e. The van der Waals surface area contributed by atoms with Gasteiger partial charge in [-0.1, -0.05) is 37.6 Å². The number of benzene rings is 1. The molecule has 0 unspecified atom stereocenters. The highest BCUT2D eigenvalue weighted by Crippen LogP contribution is 2.10. The lowest BCUT2D eigenvalue weighted by molar-refractivity contribution is 0.814. The number of halogens is 2. The molecule has 0 bridgehead atoms. The number of nitrogens with zero attached hydrogens (tertiary/aromatic N) is 1. The van der Waals surface area contributed by atoms with Gasteiger partial charge in [0.15, 0.2) is 0 Å². The van der Waals surface area contributed by atoms with Gasteiger partial charge in [0.25, 0.3) is 0 Å². The molecule has 0 heterocycles. The summed E-state index contributed by atoms with van der Waals surface area (Å²) in [4.78, 5) is 4.57. The van der Waals surface area contributed by atoms with Crippen LogP contribution in [0.15, 0.2) is 29.3 Å². The average Bonchev–Trinajstić information content (AvgIpc) is 2.35. The van der Waals surface area contributed by atoms with Crippen LogP contribution in [0.2, 0.25) is 5.02 Å². The first-order valence-electron chi connectivity index (χ1n) is 6.28. The van der Waals surface area contributed by atoms with Crippen molar-refractivity contribution in [1.82, 2.24) is 5.32 Å². The van der Waals surface area contributed by atoms with Gasteiger partial charge in [-0.2, -0.15) is 0 Å². The molecule has 4 heteroatoms. The Balaban J connectivity index is 0.00000289. The fourth-order valence-electron chi connectivity index (χ4n) is 1.49. The summed E-state index contributed by atoms with van der Waals surface area (Å²) in [7, 11) is 0. The number of amidine groups is 1. The average molecular weight is 289 g/mol. The summed E-state index contributed by atoms with van der Waals surface area (Å²) in [5, 5.41) is 4.16. The van der Waals surface area contributed by atoms with Crippen molar-refractivity contribution in [3.63, 3.8) is 0 Å². The maximum atomic E-state index is 5.87. The summed E-state index contributed by atoms with van der Waals surface area (Å²) in [5.41, 5.74) is 1.24. The standard InChI is InChI=1S/C14H21ClN2.ClH/c1-3-9-16-14(17-10-4-2)11-12-5-7-13(15)8-6-12;/h5-8H,3-4,9-11H2,1-2H3,(H,16,17);1H. The van der Waals surface area contributed by atoms with E-state index in [1.165, 1.54) is 5.56 Å². The topological polar surface area (TPSA) is 24.4 Å². The molecule has 102 valence electrons. The molecule has 1 aromatic carbocycles. The Morgan fingerprint density at radius 2 is 1.83 bits per heavy atom. The largest absolute Gasteiger partial charge is 0.374 e. The van der Waals surface area contributed by atoms with Crippen LogP contribution in [-0.2, 0) is 6.42 Å². The summed E-state index contributed by atoms with van der Waals surface area (Å²) in [6.07, 6.45) is 3.06. The second-order valence-corrected chi connectivity index (χ2v) is 4.49. The molecule has 0 aromatic heterocycles. The van der Waals surface area contributed by atoms with E-state index in [4.69, 9.17) is 11.6 Å². The van der Waals surface area contributed by atoms with Crippen molar-refractivity contribution in [2.45, 2.75) is 33.1 Å². The summed E-state index contributed by atoms with van der Waals surface area (Å²) in [6.45, 7) is 6.17. The van der Waals surface area contributed by atoms with Crippen LogP contribution in [-0.4, -0.2) is 18.9 Å². The maximum absolute atomic E-state index is 5.87. The molecule has 1 rings (SSSR count). The predicted molar refractivity (Wildman–Crippen MR) is 83.3 cm³/mol. The van der Waals surface area contributed by atoms with Gasteiger partial charge in [0.05, 0.1) is 0 Å². The maximum Gasteiger partial charge on any atom is 0.101 e. The van der Waals surface area contributed by atoms with Crippen molar-refractivity contribution < 1.29 is 0 Å². The highest BCUT2D eigenvalue weighted by atomic mass is 35.5. The van der Waals surface area contributed by atoms with E-state index in [-0.39, 0.29) is 12.4 Å². The first-order valence-corrected chi connectivity index (χ1v) is 6.65. The van der Waals surface area contributed by atoms with E-state index in [9.17, 15) is 0 Å². The third-order valence-electron chi connectivity index (χ3n) is 2.39. The van der Waals surface area contributed by atoms with Gasteiger partial charge in [-0.3, -0.25) is 4.99 Å². The molecule has 0 aliphatic carbocycles. The van der Waals surface area contributed by atoms with Crippen molar-refractivity contribution in [1.29, 1.82) is 0 Å². The van der Waals surface area contributed by atoms with Gasteiger partial charge in [-0.05, 0) is 30.5 Å². The number of rotatable bonds is 6. The lowest BCUT2D eigenvalue weighted by Crippen LogP contribution is -2.26. The molecule has 0 spiro atoms. The number of hydrogen-bond acceptors (Lipinski definition) is 1. The number of hydrogen-bond donors (Lipinski definition) is 1. The predicted octanol–water partition coefficient (Wildman–Crippen LogP) is 4.11. The zero-order valence-electron chi connectivity index (χ0n) is 11.1. The Kier molecular flexibility index (Phi) is 9.80. The summed E-state index contributed by atoms with van der Waals surface area (Å²) in [6, 6.07) is 7.96. The Bertz CT molecular complexity index is 347. The zero-order chi connectivity index (χ0) is 12.5. The van der Waals surface area contributed by atoms with Gasteiger partial charge in [0, 0.05) is 24.5 Å². The molecule has 0 amide bonds. The molecule has 0 radical (unpaired) electrons. The van der Waals surface area contributed by atoms with Crippen LogP contribution in [0.4, 0.5) is 0 Å². The van der Waals surface area contributed by atoms with Crippen LogP contribution in [0, 0.1) is 0 Å². The molecule has 2 nitrogen and oxygen atoms in total. The molecule has 0 aliphatic rings. The van der Waals surface area contributed by atoms with E-state index in [1.54, 1.807) is 0 Å². The molecule has 0 fully saturated rings. The minimum Gasteiger partial charge on any atom is -0.374 e. The SMILES string of the molecule is CCCN=C(Cc1ccc(Cl)cc1)NCCC.Cl. The van der Waals surface area contributed by atoms with E-state index in [0.29, 0.717) is 0 Å². The Labute approximate surface area is 121 Å². The lowest BCUT2D eigenvalue weighted by atomic mass is 10.1. The first-order chi connectivity index (χ1) is 8.26. The second-order valence-electron chi connectivity index (χ2n) is 4.06. The van der Waals surface area contributed by atoms with Gasteiger partial charge in [-0.15, -0.1) is 12.4 Å². The molecule has 0 saturated carbocycles. The van der Waals surface area contributed by atoms with E-state index in [0.717, 1.165) is 43.2 Å². The van der Waals surface area contributed by atoms with E-state index >= 15 is 0 Å². The van der Waals surface area contributed by atoms with Gasteiger partial charge in [0.1, 0.15) is 5.84 Å². The van der Waals surface area contributed by atoms with Gasteiger partial charge < -0.3 is 5.32 Å². The van der Waals surface area contributed by atoms with Crippen molar-refractivity contribution >= 4 is 29.8 Å². The highest BCUT2D eigenvalue weighted by Gasteiger charge is 2.00. The quantitative estimate of drug-likeness (QED) is 0.618. The first kappa shape index (κ1) is 17.3. The fourth-order valence-corrected chi connectivity index (χ4v) is 1.61. The normalized spacial score (nSPS) is 10.9. The molecule has 0 aliphatic heterocycles. The van der Waals surface area contributed by atoms with E-state index in [1.807, 2.05) is 12.1 Å². The van der Waals surface area contributed by atoms with Gasteiger partial charge in [-0.25, -0.2) is 0 Å². The minimum atomic E-state index is 0. The van der Waals surface area contributed by atoms with Gasteiger partial charge >= 0.3 is 0 Å². The van der Waals surface area contributed by atoms with Crippen molar-refractivity contribution in [2.24, 2.45) is 4.99 Å². The third kappa shape index (κ3) is 6.87. The fraction of sp³-hybridized carbons (Fsp3) is 0.500. The third-order valence-corrected chi connectivity index (χ3v) is 2.64. The second kappa shape index (κ2) is 10.2.